The molecule has 1 aromatic heterocycles. The molecule has 1 atom stereocenters. The van der Waals surface area contributed by atoms with E-state index in [1.165, 1.54) is 17.5 Å². The Hall–Kier alpha value is -1.39. The van der Waals surface area contributed by atoms with Crippen LogP contribution in [0.4, 0.5) is 0 Å². The van der Waals surface area contributed by atoms with Gasteiger partial charge in [0.05, 0.1) is 5.92 Å². The summed E-state index contributed by atoms with van der Waals surface area (Å²) in [5.41, 5.74) is 2.53. The van der Waals surface area contributed by atoms with Crippen LogP contribution in [0, 0.1) is 6.92 Å². The highest BCUT2D eigenvalue weighted by Gasteiger charge is 2.21. The summed E-state index contributed by atoms with van der Waals surface area (Å²) >= 11 is 0. The number of benzene rings is 1. The summed E-state index contributed by atoms with van der Waals surface area (Å²) in [6, 6.07) is 8.33. The number of aromatic nitrogens is 2. The van der Waals surface area contributed by atoms with E-state index in [1.54, 1.807) is 0 Å². The smallest absolute Gasteiger partial charge is 0.231 e. The fraction of sp³-hybridized carbons (Fsp3) is 0.467. The van der Waals surface area contributed by atoms with Crippen molar-refractivity contribution in [3.05, 3.63) is 47.1 Å². The van der Waals surface area contributed by atoms with Gasteiger partial charge < -0.3 is 9.84 Å². The molecule has 0 amide bonds. The highest BCUT2D eigenvalue weighted by molar-refractivity contribution is 5.85. The molecule has 0 bridgehead atoms. The van der Waals surface area contributed by atoms with Crippen LogP contribution in [0.3, 0.4) is 0 Å². The van der Waals surface area contributed by atoms with Gasteiger partial charge in [-0.05, 0) is 37.4 Å². The average Bonchev–Trinajstić information content (AvgIpc) is 2.91. The predicted molar refractivity (Wildman–Crippen MR) is 80.4 cm³/mol. The minimum absolute atomic E-state index is 0. The minimum atomic E-state index is 0. The molecule has 1 saturated heterocycles. The lowest BCUT2D eigenvalue weighted by Gasteiger charge is -2.18. The van der Waals surface area contributed by atoms with Crippen LogP contribution in [0.15, 0.2) is 28.8 Å². The largest absolute Gasteiger partial charge is 0.339 e. The number of halogens is 1. The van der Waals surface area contributed by atoms with Crippen molar-refractivity contribution in [1.29, 1.82) is 0 Å². The van der Waals surface area contributed by atoms with Gasteiger partial charge in [-0.2, -0.15) is 4.98 Å². The van der Waals surface area contributed by atoms with Crippen molar-refractivity contribution in [3.63, 3.8) is 0 Å². The van der Waals surface area contributed by atoms with Crippen molar-refractivity contribution in [3.8, 4) is 0 Å². The molecule has 0 aliphatic carbocycles. The van der Waals surface area contributed by atoms with E-state index >= 15 is 0 Å². The quantitative estimate of drug-likeness (QED) is 0.945. The van der Waals surface area contributed by atoms with Gasteiger partial charge in [-0.1, -0.05) is 29.4 Å². The molecule has 5 heteroatoms. The molecule has 0 radical (unpaired) electrons. The Morgan fingerprint density at radius 2 is 2.20 bits per heavy atom. The van der Waals surface area contributed by atoms with E-state index in [1.807, 2.05) is 12.1 Å². The Morgan fingerprint density at radius 1 is 1.35 bits per heavy atom. The zero-order valence-electron chi connectivity index (χ0n) is 11.6. The molecule has 4 nitrogen and oxygen atoms in total. The van der Waals surface area contributed by atoms with Gasteiger partial charge in [-0.25, -0.2) is 0 Å². The van der Waals surface area contributed by atoms with E-state index in [0.29, 0.717) is 5.92 Å². The first-order valence-electron chi connectivity index (χ1n) is 6.90. The second-order valence-corrected chi connectivity index (χ2v) is 5.20. The third kappa shape index (κ3) is 3.38. The number of piperidine rings is 1. The zero-order chi connectivity index (χ0) is 13.1. The van der Waals surface area contributed by atoms with E-state index < -0.39 is 0 Å². The molecule has 2 heterocycles. The van der Waals surface area contributed by atoms with Gasteiger partial charge in [0.2, 0.25) is 5.89 Å². The molecule has 1 aromatic carbocycles. The van der Waals surface area contributed by atoms with Gasteiger partial charge in [0, 0.05) is 13.0 Å². The average molecular weight is 294 g/mol. The molecule has 0 saturated carbocycles. The number of aryl methyl sites for hydroxylation is 1. The molecule has 2 aromatic rings. The third-order valence-electron chi connectivity index (χ3n) is 3.74. The van der Waals surface area contributed by atoms with E-state index in [9.17, 15) is 0 Å². The van der Waals surface area contributed by atoms with E-state index in [-0.39, 0.29) is 12.4 Å². The molecular formula is C15H20ClN3O. The standard InChI is InChI=1S/C15H19N3O.ClH/c1-11-5-2-3-6-12(11)9-14-17-15(19-18-14)13-7-4-8-16-10-13;/h2-3,5-6,13,16H,4,7-10H2,1H3;1H. The molecule has 1 fully saturated rings. The molecule has 1 unspecified atom stereocenters. The first-order valence-corrected chi connectivity index (χ1v) is 6.90. The van der Waals surface area contributed by atoms with Crippen molar-refractivity contribution in [2.75, 3.05) is 13.1 Å². The summed E-state index contributed by atoms with van der Waals surface area (Å²) in [6.07, 6.45) is 3.06. The predicted octanol–water partition coefficient (Wildman–Crippen LogP) is 2.86. The van der Waals surface area contributed by atoms with Crippen LogP contribution in [-0.4, -0.2) is 23.2 Å². The van der Waals surface area contributed by atoms with Crippen molar-refractivity contribution in [2.24, 2.45) is 0 Å². The van der Waals surface area contributed by atoms with Crippen molar-refractivity contribution in [1.82, 2.24) is 15.5 Å². The zero-order valence-corrected chi connectivity index (χ0v) is 12.4. The Kier molecular flexibility index (Phi) is 5.15. The Bertz CT molecular complexity index is 550. The van der Waals surface area contributed by atoms with Crippen LogP contribution in [-0.2, 0) is 6.42 Å². The van der Waals surface area contributed by atoms with Gasteiger partial charge in [-0.3, -0.25) is 0 Å². The number of rotatable bonds is 3. The van der Waals surface area contributed by atoms with Crippen LogP contribution in [0.25, 0.3) is 0 Å². The molecule has 1 aliphatic rings. The van der Waals surface area contributed by atoms with Crippen LogP contribution >= 0.6 is 12.4 Å². The Labute approximate surface area is 125 Å². The lowest BCUT2D eigenvalue weighted by molar-refractivity contribution is 0.320. The molecule has 1 aliphatic heterocycles. The third-order valence-corrected chi connectivity index (χ3v) is 3.74. The highest BCUT2D eigenvalue weighted by atomic mass is 35.5. The number of hydrogen-bond donors (Lipinski definition) is 1. The normalized spacial score (nSPS) is 18.6. The lowest BCUT2D eigenvalue weighted by Crippen LogP contribution is -2.28. The van der Waals surface area contributed by atoms with Crippen molar-refractivity contribution >= 4 is 12.4 Å². The summed E-state index contributed by atoms with van der Waals surface area (Å²) < 4.78 is 5.42. The fourth-order valence-electron chi connectivity index (χ4n) is 2.55. The highest BCUT2D eigenvalue weighted by Crippen LogP contribution is 2.22. The van der Waals surface area contributed by atoms with E-state index in [2.05, 4.69) is 34.5 Å². The van der Waals surface area contributed by atoms with E-state index in [0.717, 1.165) is 37.6 Å². The summed E-state index contributed by atoms with van der Waals surface area (Å²) in [4.78, 5) is 4.55. The maximum absolute atomic E-state index is 5.42. The molecule has 108 valence electrons. The Balaban J connectivity index is 0.00000147. The number of nitrogens with one attached hydrogen (secondary N) is 1. The molecule has 0 spiro atoms. The Morgan fingerprint density at radius 3 is 2.95 bits per heavy atom. The molecular weight excluding hydrogens is 274 g/mol. The van der Waals surface area contributed by atoms with Gasteiger partial charge in [0.15, 0.2) is 5.82 Å². The first kappa shape index (κ1) is 15.0. The SMILES string of the molecule is Cc1ccccc1Cc1noc(C2CCCNC2)n1.Cl. The summed E-state index contributed by atoms with van der Waals surface area (Å²) in [7, 11) is 0. The van der Waals surface area contributed by atoms with Crippen molar-refractivity contribution in [2.45, 2.75) is 32.1 Å². The van der Waals surface area contributed by atoms with Gasteiger partial charge in [0.1, 0.15) is 0 Å². The second-order valence-electron chi connectivity index (χ2n) is 5.20. The summed E-state index contributed by atoms with van der Waals surface area (Å²) in [5.74, 6) is 1.96. The first-order chi connectivity index (χ1) is 9.33. The minimum Gasteiger partial charge on any atom is -0.339 e. The maximum atomic E-state index is 5.42. The van der Waals surface area contributed by atoms with Gasteiger partial charge in [-0.15, -0.1) is 12.4 Å². The summed E-state index contributed by atoms with van der Waals surface area (Å²) in [6.45, 7) is 4.16. The van der Waals surface area contributed by atoms with Gasteiger partial charge >= 0.3 is 0 Å². The molecule has 1 N–H and O–H groups in total. The van der Waals surface area contributed by atoms with E-state index in [4.69, 9.17) is 4.52 Å². The monoisotopic (exact) mass is 293 g/mol. The topological polar surface area (TPSA) is 51.0 Å². The van der Waals surface area contributed by atoms with Crippen LogP contribution in [0.5, 0.6) is 0 Å². The van der Waals surface area contributed by atoms with Crippen LogP contribution < -0.4 is 5.32 Å². The lowest BCUT2D eigenvalue weighted by atomic mass is 10.00. The number of nitrogens with zero attached hydrogens (tertiary/aromatic N) is 2. The summed E-state index contributed by atoms with van der Waals surface area (Å²) in [5, 5.41) is 7.49. The van der Waals surface area contributed by atoms with Crippen molar-refractivity contribution < 1.29 is 4.52 Å². The maximum Gasteiger partial charge on any atom is 0.231 e. The number of hydrogen-bond acceptors (Lipinski definition) is 4. The van der Waals surface area contributed by atoms with Gasteiger partial charge in [0.25, 0.3) is 0 Å². The van der Waals surface area contributed by atoms with Crippen LogP contribution in [0.2, 0.25) is 0 Å². The second kappa shape index (κ2) is 6.86. The molecule has 20 heavy (non-hydrogen) atoms. The fourth-order valence-corrected chi connectivity index (χ4v) is 2.55. The van der Waals surface area contributed by atoms with Crippen LogP contribution in [0.1, 0.15) is 41.6 Å². The molecule has 3 rings (SSSR count).